The van der Waals surface area contributed by atoms with Crippen LogP contribution in [0.15, 0.2) is 48.5 Å². The van der Waals surface area contributed by atoms with Gasteiger partial charge in [-0.2, -0.15) is 0 Å². The van der Waals surface area contributed by atoms with Crippen molar-refractivity contribution < 1.29 is 4.79 Å². The van der Waals surface area contributed by atoms with Crippen LogP contribution in [0, 0.1) is 0 Å². The number of benzene rings is 2. The summed E-state index contributed by atoms with van der Waals surface area (Å²) in [5.74, 6) is -0.0651. The summed E-state index contributed by atoms with van der Waals surface area (Å²) in [6.07, 6.45) is 0. The molecule has 2 aromatic carbocycles. The Morgan fingerprint density at radius 2 is 1.78 bits per heavy atom. The lowest BCUT2D eigenvalue weighted by Crippen LogP contribution is -2.23. The fourth-order valence-electron chi connectivity index (χ4n) is 2.34. The predicted molar refractivity (Wildman–Crippen MR) is 94.0 cm³/mol. The molecule has 4 heteroatoms. The molecule has 0 aliphatic rings. The number of nitrogens with zero attached hydrogens (tertiary/aromatic N) is 1. The highest BCUT2D eigenvalue weighted by molar-refractivity contribution is 5.94. The van der Waals surface area contributed by atoms with Gasteiger partial charge < -0.3 is 16.0 Å². The topological polar surface area (TPSA) is 58.4 Å². The standard InChI is InChI=1S/C19H25N3O/c1-3-22(2)14-17-6-4-5-16(11-17)13-21-19(23)18-9-7-15(12-20)8-10-18/h4-11H,3,12-14,20H2,1-2H3,(H,21,23). The maximum atomic E-state index is 12.2. The zero-order valence-electron chi connectivity index (χ0n) is 13.9. The minimum absolute atomic E-state index is 0.0651. The van der Waals surface area contributed by atoms with Crippen LogP contribution in [0.4, 0.5) is 0 Å². The average Bonchev–Trinajstić information content (AvgIpc) is 2.60. The Bertz CT molecular complexity index is 637. The van der Waals surface area contributed by atoms with E-state index in [0.717, 1.165) is 24.2 Å². The van der Waals surface area contributed by atoms with Crippen molar-refractivity contribution in [3.8, 4) is 0 Å². The number of nitrogens with one attached hydrogen (secondary N) is 1. The third-order valence-electron chi connectivity index (χ3n) is 3.89. The number of nitrogens with two attached hydrogens (primary N) is 1. The van der Waals surface area contributed by atoms with E-state index in [1.54, 1.807) is 0 Å². The van der Waals surface area contributed by atoms with Crippen LogP contribution in [-0.2, 0) is 19.6 Å². The van der Waals surface area contributed by atoms with Gasteiger partial charge >= 0.3 is 0 Å². The van der Waals surface area contributed by atoms with Crippen molar-refractivity contribution in [3.63, 3.8) is 0 Å². The molecule has 2 aromatic rings. The maximum absolute atomic E-state index is 12.2. The monoisotopic (exact) mass is 311 g/mol. The lowest BCUT2D eigenvalue weighted by molar-refractivity contribution is 0.0951. The molecule has 3 N–H and O–H groups in total. The van der Waals surface area contributed by atoms with Crippen LogP contribution in [0.5, 0.6) is 0 Å². The molecule has 0 aromatic heterocycles. The normalized spacial score (nSPS) is 10.8. The molecule has 23 heavy (non-hydrogen) atoms. The first-order valence-electron chi connectivity index (χ1n) is 7.96. The highest BCUT2D eigenvalue weighted by Crippen LogP contribution is 2.09. The summed E-state index contributed by atoms with van der Waals surface area (Å²) in [6, 6.07) is 15.7. The van der Waals surface area contributed by atoms with E-state index in [1.165, 1.54) is 5.56 Å². The molecule has 0 spiro atoms. The van der Waals surface area contributed by atoms with Crippen LogP contribution < -0.4 is 11.1 Å². The number of hydrogen-bond donors (Lipinski definition) is 2. The lowest BCUT2D eigenvalue weighted by Gasteiger charge is -2.14. The van der Waals surface area contributed by atoms with Gasteiger partial charge in [-0.15, -0.1) is 0 Å². The second kappa shape index (κ2) is 8.46. The molecule has 0 bridgehead atoms. The van der Waals surface area contributed by atoms with Gasteiger partial charge in [0.2, 0.25) is 0 Å². The van der Waals surface area contributed by atoms with Gasteiger partial charge in [0.15, 0.2) is 0 Å². The van der Waals surface area contributed by atoms with Gasteiger partial charge in [-0.25, -0.2) is 0 Å². The van der Waals surface area contributed by atoms with Gasteiger partial charge in [0.25, 0.3) is 5.91 Å². The van der Waals surface area contributed by atoms with E-state index in [4.69, 9.17) is 5.73 Å². The maximum Gasteiger partial charge on any atom is 0.251 e. The first kappa shape index (κ1) is 17.2. The van der Waals surface area contributed by atoms with Crippen LogP contribution >= 0.6 is 0 Å². The number of hydrogen-bond acceptors (Lipinski definition) is 3. The van der Waals surface area contributed by atoms with Gasteiger partial charge in [0.05, 0.1) is 0 Å². The molecule has 0 aliphatic heterocycles. The van der Waals surface area contributed by atoms with Gasteiger partial charge in [-0.05, 0) is 42.4 Å². The first-order chi connectivity index (χ1) is 11.1. The molecule has 4 nitrogen and oxygen atoms in total. The summed E-state index contributed by atoms with van der Waals surface area (Å²) < 4.78 is 0. The zero-order valence-corrected chi connectivity index (χ0v) is 13.9. The SMILES string of the molecule is CCN(C)Cc1cccc(CNC(=O)c2ccc(CN)cc2)c1. The number of carbonyl (C=O) groups excluding carboxylic acids is 1. The molecule has 122 valence electrons. The molecule has 0 heterocycles. The highest BCUT2D eigenvalue weighted by atomic mass is 16.1. The fraction of sp³-hybridized carbons (Fsp3) is 0.316. The summed E-state index contributed by atoms with van der Waals surface area (Å²) in [6.45, 7) is 5.08. The van der Waals surface area contributed by atoms with E-state index in [-0.39, 0.29) is 5.91 Å². The summed E-state index contributed by atoms with van der Waals surface area (Å²) in [5.41, 5.74) is 9.61. The van der Waals surface area contributed by atoms with E-state index in [0.29, 0.717) is 18.7 Å². The second-order valence-electron chi connectivity index (χ2n) is 5.73. The fourth-order valence-corrected chi connectivity index (χ4v) is 2.34. The predicted octanol–water partition coefficient (Wildman–Crippen LogP) is 2.53. The van der Waals surface area contributed by atoms with Crippen molar-refractivity contribution in [2.24, 2.45) is 5.73 Å². The molecular formula is C19H25N3O. The molecule has 0 atom stereocenters. The molecular weight excluding hydrogens is 286 g/mol. The van der Waals surface area contributed by atoms with Crippen molar-refractivity contribution >= 4 is 5.91 Å². The molecule has 0 fully saturated rings. The average molecular weight is 311 g/mol. The Labute approximate surface area is 138 Å². The molecule has 1 amide bonds. The van der Waals surface area contributed by atoms with Crippen molar-refractivity contribution in [1.29, 1.82) is 0 Å². The third kappa shape index (κ3) is 5.20. The molecule has 2 rings (SSSR count). The van der Waals surface area contributed by atoms with Crippen molar-refractivity contribution in [1.82, 2.24) is 10.2 Å². The zero-order chi connectivity index (χ0) is 16.7. The quantitative estimate of drug-likeness (QED) is 0.826. The smallest absolute Gasteiger partial charge is 0.251 e. The summed E-state index contributed by atoms with van der Waals surface area (Å²) >= 11 is 0. The van der Waals surface area contributed by atoms with Gasteiger partial charge in [-0.1, -0.05) is 43.3 Å². The van der Waals surface area contributed by atoms with Crippen LogP contribution in [-0.4, -0.2) is 24.4 Å². The summed E-state index contributed by atoms with van der Waals surface area (Å²) in [7, 11) is 2.10. The number of rotatable bonds is 7. The lowest BCUT2D eigenvalue weighted by atomic mass is 10.1. The van der Waals surface area contributed by atoms with Crippen LogP contribution in [0.1, 0.15) is 34.0 Å². The highest BCUT2D eigenvalue weighted by Gasteiger charge is 2.06. The first-order valence-corrected chi connectivity index (χ1v) is 7.96. The van der Waals surface area contributed by atoms with E-state index < -0.39 is 0 Å². The third-order valence-corrected chi connectivity index (χ3v) is 3.89. The van der Waals surface area contributed by atoms with E-state index in [1.807, 2.05) is 36.4 Å². The Balaban J connectivity index is 1.94. The van der Waals surface area contributed by atoms with Gasteiger partial charge in [-0.3, -0.25) is 4.79 Å². The molecule has 0 radical (unpaired) electrons. The second-order valence-corrected chi connectivity index (χ2v) is 5.73. The van der Waals surface area contributed by atoms with Gasteiger partial charge in [0, 0.05) is 25.2 Å². The Hall–Kier alpha value is -2.17. The summed E-state index contributed by atoms with van der Waals surface area (Å²) in [5, 5.41) is 2.96. The largest absolute Gasteiger partial charge is 0.348 e. The van der Waals surface area contributed by atoms with E-state index >= 15 is 0 Å². The van der Waals surface area contributed by atoms with Crippen LogP contribution in [0.2, 0.25) is 0 Å². The summed E-state index contributed by atoms with van der Waals surface area (Å²) in [4.78, 5) is 14.4. The van der Waals surface area contributed by atoms with Gasteiger partial charge in [0.1, 0.15) is 0 Å². The number of carbonyl (C=O) groups is 1. The minimum atomic E-state index is -0.0651. The Morgan fingerprint density at radius 3 is 2.43 bits per heavy atom. The molecule has 0 saturated heterocycles. The minimum Gasteiger partial charge on any atom is -0.348 e. The van der Waals surface area contributed by atoms with Crippen LogP contribution in [0.3, 0.4) is 0 Å². The van der Waals surface area contributed by atoms with Crippen molar-refractivity contribution in [2.75, 3.05) is 13.6 Å². The molecule has 0 saturated carbocycles. The van der Waals surface area contributed by atoms with E-state index in [2.05, 4.69) is 36.3 Å². The van der Waals surface area contributed by atoms with Crippen molar-refractivity contribution in [2.45, 2.75) is 26.6 Å². The van der Waals surface area contributed by atoms with Crippen molar-refractivity contribution in [3.05, 3.63) is 70.8 Å². The Kier molecular flexibility index (Phi) is 6.32. The Morgan fingerprint density at radius 1 is 1.09 bits per heavy atom. The van der Waals surface area contributed by atoms with Crippen LogP contribution in [0.25, 0.3) is 0 Å². The van der Waals surface area contributed by atoms with E-state index in [9.17, 15) is 4.79 Å². The molecule has 0 aliphatic carbocycles. The molecule has 0 unspecified atom stereocenters. The number of amides is 1.